The van der Waals surface area contributed by atoms with Gasteiger partial charge < -0.3 is 14.4 Å². The van der Waals surface area contributed by atoms with Crippen LogP contribution in [0.2, 0.25) is 0 Å². The van der Waals surface area contributed by atoms with Gasteiger partial charge in [0.05, 0.1) is 24.6 Å². The van der Waals surface area contributed by atoms with Crippen molar-refractivity contribution in [3.05, 3.63) is 42.1 Å². The minimum absolute atomic E-state index is 0.503. The van der Waals surface area contributed by atoms with E-state index < -0.39 is 0 Å². The molecule has 0 unspecified atom stereocenters. The number of imidazole rings is 1. The third kappa shape index (κ3) is 3.14. The molecular weight excluding hydrogens is 354 g/mol. The molecule has 0 atom stereocenters. The number of rotatable bonds is 3. The van der Waals surface area contributed by atoms with E-state index in [-0.39, 0.29) is 0 Å². The maximum atomic E-state index is 5.48. The lowest BCUT2D eigenvalue weighted by atomic mass is 9.95. The highest BCUT2D eigenvalue weighted by Crippen LogP contribution is 2.30. The molecule has 0 aliphatic carbocycles. The molecule has 7 nitrogen and oxygen atoms in total. The Morgan fingerprint density at radius 2 is 1.79 bits per heavy atom. The van der Waals surface area contributed by atoms with E-state index in [1.54, 1.807) is 0 Å². The molecule has 5 rings (SSSR count). The fraction of sp³-hybridized carbons (Fsp3) is 0.476. The highest BCUT2D eigenvalue weighted by atomic mass is 16.5. The van der Waals surface area contributed by atoms with Crippen LogP contribution in [0.15, 0.2) is 30.7 Å². The molecule has 0 bridgehead atoms. The number of ether oxygens (including phenoxy) is 2. The zero-order chi connectivity index (χ0) is 18.9. The van der Waals surface area contributed by atoms with Crippen LogP contribution in [0.3, 0.4) is 0 Å². The SMILES string of the molecule is Cc1nc2c(N3CCOCC3)nccn2c1-c1ccc(C2CCOCC2)nc1. The van der Waals surface area contributed by atoms with Crippen molar-refractivity contribution in [2.45, 2.75) is 25.7 Å². The molecule has 2 fully saturated rings. The Morgan fingerprint density at radius 1 is 1.00 bits per heavy atom. The van der Waals surface area contributed by atoms with Gasteiger partial charge in [-0.05, 0) is 31.9 Å². The molecule has 2 saturated heterocycles. The molecule has 3 aromatic heterocycles. The molecule has 2 aliphatic heterocycles. The molecule has 5 heterocycles. The summed E-state index contributed by atoms with van der Waals surface area (Å²) in [6, 6.07) is 4.33. The second kappa shape index (κ2) is 7.48. The lowest BCUT2D eigenvalue weighted by molar-refractivity contribution is 0.0845. The van der Waals surface area contributed by atoms with E-state index in [9.17, 15) is 0 Å². The van der Waals surface area contributed by atoms with Gasteiger partial charge in [0.25, 0.3) is 0 Å². The van der Waals surface area contributed by atoms with Gasteiger partial charge in [-0.3, -0.25) is 9.38 Å². The van der Waals surface area contributed by atoms with E-state index in [1.165, 1.54) is 0 Å². The normalized spacial score (nSPS) is 18.7. The Kier molecular flexibility index (Phi) is 4.70. The van der Waals surface area contributed by atoms with E-state index in [4.69, 9.17) is 19.4 Å². The molecular formula is C21H25N5O2. The van der Waals surface area contributed by atoms with Gasteiger partial charge in [0.2, 0.25) is 0 Å². The van der Waals surface area contributed by atoms with E-state index in [1.807, 2.05) is 18.6 Å². The zero-order valence-corrected chi connectivity index (χ0v) is 16.2. The van der Waals surface area contributed by atoms with Crippen molar-refractivity contribution in [1.82, 2.24) is 19.4 Å². The van der Waals surface area contributed by atoms with Gasteiger partial charge in [-0.15, -0.1) is 0 Å². The molecule has 28 heavy (non-hydrogen) atoms. The number of nitrogens with zero attached hydrogens (tertiary/aromatic N) is 5. The van der Waals surface area contributed by atoms with Gasteiger partial charge >= 0.3 is 0 Å². The van der Waals surface area contributed by atoms with E-state index in [2.05, 4.69) is 33.3 Å². The number of aryl methyl sites for hydroxylation is 1. The number of hydrogen-bond donors (Lipinski definition) is 0. The Hall–Kier alpha value is -2.51. The Bertz CT molecular complexity index is 957. The second-order valence-corrected chi connectivity index (χ2v) is 7.45. The second-order valence-electron chi connectivity index (χ2n) is 7.45. The molecule has 7 heteroatoms. The number of hydrogen-bond acceptors (Lipinski definition) is 6. The molecule has 3 aromatic rings. The van der Waals surface area contributed by atoms with Crippen molar-refractivity contribution >= 4 is 11.5 Å². The first kappa shape index (κ1) is 17.6. The first-order valence-electron chi connectivity index (χ1n) is 10.0. The quantitative estimate of drug-likeness (QED) is 0.697. The largest absolute Gasteiger partial charge is 0.381 e. The van der Waals surface area contributed by atoms with Crippen LogP contribution >= 0.6 is 0 Å². The molecule has 146 valence electrons. The third-order valence-corrected chi connectivity index (χ3v) is 5.71. The minimum atomic E-state index is 0.503. The Morgan fingerprint density at radius 3 is 2.54 bits per heavy atom. The third-order valence-electron chi connectivity index (χ3n) is 5.71. The summed E-state index contributed by atoms with van der Waals surface area (Å²) in [6.45, 7) is 6.86. The zero-order valence-electron chi connectivity index (χ0n) is 16.2. The van der Waals surface area contributed by atoms with E-state index >= 15 is 0 Å². The maximum absolute atomic E-state index is 5.48. The number of pyridine rings is 1. The van der Waals surface area contributed by atoms with E-state index in [0.29, 0.717) is 5.92 Å². The summed E-state index contributed by atoms with van der Waals surface area (Å²) in [6.07, 6.45) is 7.93. The summed E-state index contributed by atoms with van der Waals surface area (Å²) in [5.41, 5.74) is 5.21. The minimum Gasteiger partial charge on any atom is -0.381 e. The monoisotopic (exact) mass is 379 g/mol. The first-order chi connectivity index (χ1) is 13.8. The van der Waals surface area contributed by atoms with Crippen LogP contribution in [0.5, 0.6) is 0 Å². The van der Waals surface area contributed by atoms with Gasteiger partial charge in [0.15, 0.2) is 11.5 Å². The summed E-state index contributed by atoms with van der Waals surface area (Å²) < 4.78 is 13.1. The summed E-state index contributed by atoms with van der Waals surface area (Å²) in [7, 11) is 0. The average Bonchev–Trinajstić information content (AvgIpc) is 3.11. The van der Waals surface area contributed by atoms with Crippen molar-refractivity contribution in [1.29, 1.82) is 0 Å². The smallest absolute Gasteiger partial charge is 0.181 e. The van der Waals surface area contributed by atoms with Gasteiger partial charge in [-0.25, -0.2) is 9.97 Å². The number of fused-ring (bicyclic) bond motifs is 1. The summed E-state index contributed by atoms with van der Waals surface area (Å²) in [5.74, 6) is 1.43. The van der Waals surface area contributed by atoms with Crippen LogP contribution in [0.4, 0.5) is 5.82 Å². The summed E-state index contributed by atoms with van der Waals surface area (Å²) >= 11 is 0. The number of morpholine rings is 1. The van der Waals surface area contributed by atoms with Gasteiger partial charge in [-0.2, -0.15) is 0 Å². The van der Waals surface area contributed by atoms with Crippen LogP contribution in [0, 0.1) is 6.92 Å². The Labute approximate surface area is 164 Å². The van der Waals surface area contributed by atoms with Crippen molar-refractivity contribution in [3.63, 3.8) is 0 Å². The van der Waals surface area contributed by atoms with Crippen LogP contribution in [-0.2, 0) is 9.47 Å². The standard InChI is InChI=1S/C21H25N5O2/c1-15-19(17-2-3-18(23-14-17)16-4-10-27-11-5-16)26-7-6-22-20(21(26)24-15)25-8-12-28-13-9-25/h2-3,6-7,14,16H,4-5,8-13H2,1H3. The predicted octanol–water partition coefficient (Wildman–Crippen LogP) is 2.83. The fourth-order valence-electron chi connectivity index (χ4n) is 4.20. The van der Waals surface area contributed by atoms with Crippen molar-refractivity contribution in [3.8, 4) is 11.3 Å². The van der Waals surface area contributed by atoms with Gasteiger partial charge in [0.1, 0.15) is 0 Å². The molecule has 0 radical (unpaired) electrons. The fourth-order valence-corrected chi connectivity index (χ4v) is 4.20. The lowest BCUT2D eigenvalue weighted by Gasteiger charge is -2.27. The van der Waals surface area contributed by atoms with Gasteiger partial charge in [0, 0.05) is 62.1 Å². The number of aromatic nitrogens is 4. The van der Waals surface area contributed by atoms with Crippen molar-refractivity contribution in [2.24, 2.45) is 0 Å². The molecule has 0 aromatic carbocycles. The van der Waals surface area contributed by atoms with Crippen LogP contribution in [-0.4, -0.2) is 58.9 Å². The van der Waals surface area contributed by atoms with Crippen LogP contribution < -0.4 is 4.90 Å². The molecule has 0 N–H and O–H groups in total. The summed E-state index contributed by atoms with van der Waals surface area (Å²) in [5, 5.41) is 0. The molecule has 0 saturated carbocycles. The molecule has 2 aliphatic rings. The molecule has 0 spiro atoms. The van der Waals surface area contributed by atoms with Crippen molar-refractivity contribution in [2.75, 3.05) is 44.4 Å². The highest BCUT2D eigenvalue weighted by Gasteiger charge is 2.21. The highest BCUT2D eigenvalue weighted by molar-refractivity contribution is 5.73. The molecule has 0 amide bonds. The summed E-state index contributed by atoms with van der Waals surface area (Å²) in [4.78, 5) is 16.5. The Balaban J connectivity index is 1.51. The average molecular weight is 379 g/mol. The maximum Gasteiger partial charge on any atom is 0.181 e. The first-order valence-corrected chi connectivity index (χ1v) is 10.0. The lowest BCUT2D eigenvalue weighted by Crippen LogP contribution is -2.37. The predicted molar refractivity (Wildman–Crippen MR) is 107 cm³/mol. The van der Waals surface area contributed by atoms with Gasteiger partial charge in [-0.1, -0.05) is 0 Å². The van der Waals surface area contributed by atoms with Crippen molar-refractivity contribution < 1.29 is 9.47 Å². The van der Waals surface area contributed by atoms with E-state index in [0.717, 1.165) is 86.5 Å². The van der Waals surface area contributed by atoms with Crippen LogP contribution in [0.1, 0.15) is 30.1 Å². The number of anilines is 1. The van der Waals surface area contributed by atoms with Crippen LogP contribution in [0.25, 0.3) is 16.9 Å². The topological polar surface area (TPSA) is 64.8 Å².